The Morgan fingerprint density at radius 3 is 2.56 bits per heavy atom. The van der Waals surface area contributed by atoms with Crippen LogP contribution in [0.15, 0.2) is 12.7 Å². The molecule has 9 heavy (non-hydrogen) atoms. The lowest BCUT2D eigenvalue weighted by molar-refractivity contribution is 0.340. The molecule has 0 aliphatic carbocycles. The molecule has 54 valence electrons. The molecule has 0 aromatic heterocycles. The Balaban J connectivity index is 3.88. The molecule has 0 rings (SSSR count). The van der Waals surface area contributed by atoms with Crippen molar-refractivity contribution in [2.45, 2.75) is 6.92 Å². The molecule has 0 amide bonds. The van der Waals surface area contributed by atoms with Gasteiger partial charge in [-0.15, -0.1) is 6.58 Å². The monoisotopic (exact) mass is 150 g/mol. The molecule has 0 spiro atoms. The van der Waals surface area contributed by atoms with Gasteiger partial charge in [0, 0.05) is 0 Å². The standard InChI is InChI=1S/C5H10O3S/c1-3-5-9(6,7)8-4-2/h3H,1,4-5H2,2H3. The Labute approximate surface area is 55.5 Å². The van der Waals surface area contributed by atoms with E-state index in [9.17, 15) is 8.42 Å². The first-order valence-corrected chi connectivity index (χ1v) is 4.18. The van der Waals surface area contributed by atoms with Gasteiger partial charge in [0.15, 0.2) is 0 Å². The van der Waals surface area contributed by atoms with Gasteiger partial charge in [0.1, 0.15) is 0 Å². The first-order valence-electron chi connectivity index (χ1n) is 2.60. The minimum absolute atomic E-state index is 0.110. The summed E-state index contributed by atoms with van der Waals surface area (Å²) < 4.78 is 25.4. The van der Waals surface area contributed by atoms with E-state index in [0.717, 1.165) is 0 Å². The summed E-state index contributed by atoms with van der Waals surface area (Å²) in [7, 11) is -3.30. The van der Waals surface area contributed by atoms with E-state index >= 15 is 0 Å². The summed E-state index contributed by atoms with van der Waals surface area (Å²) in [5.41, 5.74) is 0. The molecular formula is C5H10O3S. The van der Waals surface area contributed by atoms with Gasteiger partial charge in [-0.05, 0) is 6.92 Å². The molecule has 4 heteroatoms. The minimum Gasteiger partial charge on any atom is -0.270 e. The third kappa shape index (κ3) is 4.17. The summed E-state index contributed by atoms with van der Waals surface area (Å²) in [5.74, 6) is -0.110. The van der Waals surface area contributed by atoms with E-state index in [4.69, 9.17) is 0 Å². The second kappa shape index (κ2) is 3.63. The smallest absolute Gasteiger partial charge is 0.270 e. The van der Waals surface area contributed by atoms with Crippen LogP contribution in [0.5, 0.6) is 0 Å². The first kappa shape index (κ1) is 8.65. The Bertz CT molecular complexity index is 169. The second-order valence-electron chi connectivity index (χ2n) is 1.42. The van der Waals surface area contributed by atoms with Crippen LogP contribution in [0.25, 0.3) is 0 Å². The molecule has 3 nitrogen and oxygen atoms in total. The molecule has 0 heterocycles. The molecule has 0 bridgehead atoms. The molecule has 0 aliphatic rings. The van der Waals surface area contributed by atoms with E-state index < -0.39 is 10.1 Å². The van der Waals surface area contributed by atoms with E-state index in [1.54, 1.807) is 6.92 Å². The van der Waals surface area contributed by atoms with Crippen molar-refractivity contribution in [3.8, 4) is 0 Å². The van der Waals surface area contributed by atoms with Crippen LogP contribution in [0.3, 0.4) is 0 Å². The van der Waals surface area contributed by atoms with Gasteiger partial charge in [-0.3, -0.25) is 4.18 Å². The van der Waals surface area contributed by atoms with E-state index in [0.29, 0.717) is 0 Å². The summed E-state index contributed by atoms with van der Waals surface area (Å²) in [4.78, 5) is 0. The molecule has 0 fully saturated rings. The van der Waals surface area contributed by atoms with Crippen molar-refractivity contribution in [3.05, 3.63) is 12.7 Å². The van der Waals surface area contributed by atoms with Gasteiger partial charge in [0.05, 0.1) is 12.4 Å². The summed E-state index contributed by atoms with van der Waals surface area (Å²) in [6.45, 7) is 5.09. The Hall–Kier alpha value is -0.350. The lowest BCUT2D eigenvalue weighted by Gasteiger charge is -1.96. The van der Waals surface area contributed by atoms with Crippen molar-refractivity contribution in [2.24, 2.45) is 0 Å². The molecule has 0 N–H and O–H groups in total. The number of hydrogen-bond acceptors (Lipinski definition) is 3. The molecule has 0 unspecified atom stereocenters. The van der Waals surface area contributed by atoms with Gasteiger partial charge in [-0.2, -0.15) is 8.42 Å². The van der Waals surface area contributed by atoms with Crippen LogP contribution in [0.1, 0.15) is 6.92 Å². The molecular weight excluding hydrogens is 140 g/mol. The second-order valence-corrected chi connectivity index (χ2v) is 3.10. The summed E-state index contributed by atoms with van der Waals surface area (Å²) in [6.07, 6.45) is 1.30. The SMILES string of the molecule is C=CCS(=O)(=O)OCC. The summed E-state index contributed by atoms with van der Waals surface area (Å²) in [6, 6.07) is 0. The van der Waals surface area contributed by atoms with Crippen LogP contribution in [0, 0.1) is 0 Å². The molecule has 0 radical (unpaired) electrons. The average Bonchev–Trinajstić information content (AvgIpc) is 1.64. The first-order chi connectivity index (χ1) is 4.12. The fourth-order valence-corrected chi connectivity index (χ4v) is 1.12. The van der Waals surface area contributed by atoms with Gasteiger partial charge < -0.3 is 0 Å². The van der Waals surface area contributed by atoms with E-state index in [2.05, 4.69) is 10.8 Å². The zero-order valence-electron chi connectivity index (χ0n) is 5.33. The highest BCUT2D eigenvalue weighted by Crippen LogP contribution is 1.91. The maximum atomic E-state index is 10.5. The largest absolute Gasteiger partial charge is 0.270 e. The van der Waals surface area contributed by atoms with Gasteiger partial charge >= 0.3 is 0 Å². The predicted octanol–water partition coefficient (Wildman–Crippen LogP) is 0.539. The van der Waals surface area contributed by atoms with Crippen molar-refractivity contribution in [1.29, 1.82) is 0 Å². The fraction of sp³-hybridized carbons (Fsp3) is 0.600. The van der Waals surface area contributed by atoms with Crippen molar-refractivity contribution >= 4 is 10.1 Å². The Morgan fingerprint density at radius 2 is 2.22 bits per heavy atom. The van der Waals surface area contributed by atoms with Crippen molar-refractivity contribution in [3.63, 3.8) is 0 Å². The molecule has 0 atom stereocenters. The zero-order chi connectivity index (χ0) is 7.33. The summed E-state index contributed by atoms with van der Waals surface area (Å²) in [5, 5.41) is 0. The molecule has 0 saturated heterocycles. The van der Waals surface area contributed by atoms with Crippen LogP contribution in [0.4, 0.5) is 0 Å². The Morgan fingerprint density at radius 1 is 1.67 bits per heavy atom. The van der Waals surface area contributed by atoms with Gasteiger partial charge in [0.25, 0.3) is 10.1 Å². The van der Waals surface area contributed by atoms with Crippen LogP contribution >= 0.6 is 0 Å². The summed E-state index contributed by atoms with van der Waals surface area (Å²) >= 11 is 0. The maximum absolute atomic E-state index is 10.5. The lowest BCUT2D eigenvalue weighted by Crippen LogP contribution is -2.07. The molecule has 0 aromatic rings. The number of rotatable bonds is 4. The van der Waals surface area contributed by atoms with Crippen molar-refractivity contribution in [2.75, 3.05) is 12.4 Å². The lowest BCUT2D eigenvalue weighted by atomic mass is 10.8. The van der Waals surface area contributed by atoms with Gasteiger partial charge in [0.2, 0.25) is 0 Å². The van der Waals surface area contributed by atoms with Gasteiger partial charge in [-0.1, -0.05) is 6.08 Å². The quantitative estimate of drug-likeness (QED) is 0.434. The van der Waals surface area contributed by atoms with Crippen molar-refractivity contribution in [1.82, 2.24) is 0 Å². The molecule has 0 aliphatic heterocycles. The van der Waals surface area contributed by atoms with Crippen LogP contribution in [-0.2, 0) is 14.3 Å². The third-order valence-corrected chi connectivity index (χ3v) is 1.86. The fourth-order valence-electron chi connectivity index (χ4n) is 0.372. The molecule has 0 aromatic carbocycles. The van der Waals surface area contributed by atoms with Crippen LogP contribution in [-0.4, -0.2) is 20.8 Å². The predicted molar refractivity (Wildman–Crippen MR) is 35.6 cm³/mol. The highest BCUT2D eigenvalue weighted by atomic mass is 32.2. The highest BCUT2D eigenvalue weighted by Gasteiger charge is 2.04. The van der Waals surface area contributed by atoms with Crippen molar-refractivity contribution < 1.29 is 12.6 Å². The van der Waals surface area contributed by atoms with Crippen LogP contribution in [0.2, 0.25) is 0 Å². The maximum Gasteiger partial charge on any atom is 0.270 e. The highest BCUT2D eigenvalue weighted by molar-refractivity contribution is 7.86. The van der Waals surface area contributed by atoms with E-state index in [1.165, 1.54) is 6.08 Å². The number of hydrogen-bond donors (Lipinski definition) is 0. The van der Waals surface area contributed by atoms with Crippen LogP contribution < -0.4 is 0 Å². The average molecular weight is 150 g/mol. The Kier molecular flexibility index (Phi) is 3.49. The normalized spacial score (nSPS) is 11.2. The van der Waals surface area contributed by atoms with E-state index in [1.807, 2.05) is 0 Å². The zero-order valence-corrected chi connectivity index (χ0v) is 6.15. The van der Waals surface area contributed by atoms with E-state index in [-0.39, 0.29) is 12.4 Å². The topological polar surface area (TPSA) is 43.4 Å². The minimum atomic E-state index is -3.30. The van der Waals surface area contributed by atoms with Gasteiger partial charge in [-0.25, -0.2) is 0 Å². The third-order valence-electron chi connectivity index (χ3n) is 0.619. The molecule has 0 saturated carbocycles.